The lowest BCUT2D eigenvalue weighted by Crippen LogP contribution is -1.80. The number of pyridine rings is 1. The highest BCUT2D eigenvalue weighted by atomic mass is 16.3. The van der Waals surface area contributed by atoms with E-state index in [2.05, 4.69) is 9.97 Å². The first-order valence-electron chi connectivity index (χ1n) is 5.24. The number of aromatic hydroxyl groups is 1. The van der Waals surface area contributed by atoms with Crippen molar-refractivity contribution in [3.8, 4) is 17.2 Å². The van der Waals surface area contributed by atoms with E-state index in [1.54, 1.807) is 24.5 Å². The van der Waals surface area contributed by atoms with E-state index in [-0.39, 0.29) is 5.75 Å². The zero-order chi connectivity index (χ0) is 11.8. The van der Waals surface area contributed by atoms with Crippen LogP contribution >= 0.6 is 0 Å². The summed E-state index contributed by atoms with van der Waals surface area (Å²) in [6, 6.07) is 7.06. The van der Waals surface area contributed by atoms with Crippen molar-refractivity contribution in [2.75, 3.05) is 0 Å². The van der Waals surface area contributed by atoms with Crippen LogP contribution in [0.3, 0.4) is 0 Å². The third kappa shape index (κ3) is 1.63. The molecule has 0 unspecified atom stereocenters. The summed E-state index contributed by atoms with van der Waals surface area (Å²) in [6.07, 6.45) is 3.28. The number of phenolic OH excluding ortho intramolecular Hbond substituents is 1. The Kier molecular flexibility index (Phi) is 2.08. The summed E-state index contributed by atoms with van der Waals surface area (Å²) in [5.74, 6) is 0.573. The number of benzene rings is 1. The molecule has 3 aromatic rings. The predicted molar refractivity (Wildman–Crippen MR) is 63.6 cm³/mol. The normalized spacial score (nSPS) is 10.9. The Hall–Kier alpha value is -2.36. The van der Waals surface area contributed by atoms with Crippen molar-refractivity contribution < 1.29 is 9.52 Å². The molecule has 0 atom stereocenters. The molecule has 0 aliphatic heterocycles. The standard InChI is InChI=1S/C13H10N2O2/c1-8-2-3-11(16)9(6-8)13-15-10-7-14-5-4-12(10)17-13/h2-7,16H,1H3. The molecule has 0 saturated heterocycles. The lowest BCUT2D eigenvalue weighted by atomic mass is 10.1. The highest BCUT2D eigenvalue weighted by Crippen LogP contribution is 2.31. The van der Waals surface area contributed by atoms with Gasteiger partial charge >= 0.3 is 0 Å². The van der Waals surface area contributed by atoms with Crippen LogP contribution in [0.2, 0.25) is 0 Å². The molecule has 0 aliphatic rings. The van der Waals surface area contributed by atoms with Crippen LogP contribution in [0.1, 0.15) is 5.56 Å². The van der Waals surface area contributed by atoms with E-state index in [0.29, 0.717) is 22.6 Å². The fourth-order valence-corrected chi connectivity index (χ4v) is 1.72. The predicted octanol–water partition coefficient (Wildman–Crippen LogP) is 2.90. The third-order valence-electron chi connectivity index (χ3n) is 2.57. The second-order valence-corrected chi connectivity index (χ2v) is 3.88. The fraction of sp³-hybridized carbons (Fsp3) is 0.0769. The Balaban J connectivity index is 2.23. The van der Waals surface area contributed by atoms with E-state index in [1.807, 2.05) is 19.1 Å². The number of fused-ring (bicyclic) bond motifs is 1. The molecule has 4 nitrogen and oxygen atoms in total. The monoisotopic (exact) mass is 226 g/mol. The SMILES string of the molecule is Cc1ccc(O)c(-c2nc3cnccc3o2)c1. The maximum absolute atomic E-state index is 9.80. The Labute approximate surface area is 97.6 Å². The molecule has 0 aliphatic carbocycles. The van der Waals surface area contributed by atoms with Gasteiger partial charge in [0.1, 0.15) is 11.3 Å². The molecule has 1 N–H and O–H groups in total. The fourth-order valence-electron chi connectivity index (χ4n) is 1.72. The van der Waals surface area contributed by atoms with Crippen LogP contribution in [0.5, 0.6) is 5.75 Å². The van der Waals surface area contributed by atoms with E-state index in [9.17, 15) is 5.11 Å². The molecule has 2 heterocycles. The topological polar surface area (TPSA) is 59.2 Å². The summed E-state index contributed by atoms with van der Waals surface area (Å²) in [7, 11) is 0. The van der Waals surface area contributed by atoms with Gasteiger partial charge in [-0.2, -0.15) is 0 Å². The minimum absolute atomic E-state index is 0.162. The van der Waals surface area contributed by atoms with Crippen molar-refractivity contribution in [3.05, 3.63) is 42.2 Å². The largest absolute Gasteiger partial charge is 0.507 e. The quantitative estimate of drug-likeness (QED) is 0.693. The molecule has 0 fully saturated rings. The summed E-state index contributed by atoms with van der Waals surface area (Å²) in [5, 5.41) is 9.80. The van der Waals surface area contributed by atoms with Crippen LogP contribution in [0.15, 0.2) is 41.1 Å². The van der Waals surface area contributed by atoms with Gasteiger partial charge in [0.2, 0.25) is 5.89 Å². The molecular weight excluding hydrogens is 216 g/mol. The van der Waals surface area contributed by atoms with Gasteiger partial charge in [-0.05, 0) is 19.1 Å². The van der Waals surface area contributed by atoms with Crippen LogP contribution in [0.4, 0.5) is 0 Å². The Morgan fingerprint density at radius 2 is 2.12 bits per heavy atom. The minimum Gasteiger partial charge on any atom is -0.507 e. The molecule has 2 aromatic heterocycles. The van der Waals surface area contributed by atoms with Crippen LogP contribution in [0.25, 0.3) is 22.6 Å². The smallest absolute Gasteiger partial charge is 0.231 e. The molecule has 0 amide bonds. The number of aryl methyl sites for hydroxylation is 1. The van der Waals surface area contributed by atoms with Crippen LogP contribution in [-0.2, 0) is 0 Å². The van der Waals surface area contributed by atoms with Gasteiger partial charge in [0.05, 0.1) is 11.8 Å². The maximum Gasteiger partial charge on any atom is 0.231 e. The lowest BCUT2D eigenvalue weighted by Gasteiger charge is -2.00. The van der Waals surface area contributed by atoms with Crippen LogP contribution in [0, 0.1) is 6.92 Å². The zero-order valence-corrected chi connectivity index (χ0v) is 9.21. The van der Waals surface area contributed by atoms with Crippen LogP contribution < -0.4 is 0 Å². The summed E-state index contributed by atoms with van der Waals surface area (Å²) in [5.41, 5.74) is 2.98. The number of aromatic nitrogens is 2. The molecular formula is C13H10N2O2. The van der Waals surface area contributed by atoms with Crippen molar-refractivity contribution in [1.29, 1.82) is 0 Å². The average molecular weight is 226 g/mol. The second-order valence-electron chi connectivity index (χ2n) is 3.88. The maximum atomic E-state index is 9.80. The van der Waals surface area contributed by atoms with Gasteiger partial charge in [-0.1, -0.05) is 11.6 Å². The molecule has 3 rings (SSSR count). The minimum atomic E-state index is 0.162. The van der Waals surface area contributed by atoms with E-state index in [0.717, 1.165) is 5.56 Å². The molecule has 1 aromatic carbocycles. The van der Waals surface area contributed by atoms with E-state index < -0.39 is 0 Å². The highest BCUT2D eigenvalue weighted by Gasteiger charge is 2.12. The number of rotatable bonds is 1. The first-order valence-corrected chi connectivity index (χ1v) is 5.24. The van der Waals surface area contributed by atoms with Gasteiger partial charge < -0.3 is 9.52 Å². The number of hydrogen-bond donors (Lipinski definition) is 1. The molecule has 0 saturated carbocycles. The van der Waals surface area contributed by atoms with Gasteiger partial charge in [-0.25, -0.2) is 4.98 Å². The average Bonchev–Trinajstić information content (AvgIpc) is 2.75. The Morgan fingerprint density at radius 3 is 2.94 bits per heavy atom. The van der Waals surface area contributed by atoms with Gasteiger partial charge in [0.15, 0.2) is 5.58 Å². The Morgan fingerprint density at radius 1 is 1.24 bits per heavy atom. The summed E-state index contributed by atoms with van der Waals surface area (Å²) >= 11 is 0. The number of nitrogens with zero attached hydrogens (tertiary/aromatic N) is 2. The van der Waals surface area contributed by atoms with Crippen molar-refractivity contribution in [2.45, 2.75) is 6.92 Å². The van der Waals surface area contributed by atoms with Crippen LogP contribution in [-0.4, -0.2) is 15.1 Å². The lowest BCUT2D eigenvalue weighted by molar-refractivity contribution is 0.474. The first-order chi connectivity index (χ1) is 8.24. The van der Waals surface area contributed by atoms with Crippen molar-refractivity contribution in [2.24, 2.45) is 0 Å². The van der Waals surface area contributed by atoms with Gasteiger partial charge in [0.25, 0.3) is 0 Å². The van der Waals surface area contributed by atoms with Gasteiger partial charge in [0, 0.05) is 12.3 Å². The number of phenols is 1. The van der Waals surface area contributed by atoms with E-state index >= 15 is 0 Å². The number of hydrogen-bond acceptors (Lipinski definition) is 4. The summed E-state index contributed by atoms with van der Waals surface area (Å²) in [4.78, 5) is 8.27. The molecule has 0 spiro atoms. The molecule has 17 heavy (non-hydrogen) atoms. The first kappa shape index (κ1) is 9.84. The summed E-state index contributed by atoms with van der Waals surface area (Å²) in [6.45, 7) is 1.95. The highest BCUT2D eigenvalue weighted by molar-refractivity contribution is 5.76. The second kappa shape index (κ2) is 3.59. The molecule has 4 heteroatoms. The van der Waals surface area contributed by atoms with Gasteiger partial charge in [-0.15, -0.1) is 0 Å². The molecule has 0 radical (unpaired) electrons. The Bertz CT molecular complexity index is 656. The molecule has 84 valence electrons. The van der Waals surface area contributed by atoms with Crippen molar-refractivity contribution >= 4 is 11.1 Å². The summed E-state index contributed by atoms with van der Waals surface area (Å²) < 4.78 is 5.58. The van der Waals surface area contributed by atoms with Crippen molar-refractivity contribution in [3.63, 3.8) is 0 Å². The third-order valence-corrected chi connectivity index (χ3v) is 2.57. The number of oxazole rings is 1. The zero-order valence-electron chi connectivity index (χ0n) is 9.21. The van der Waals surface area contributed by atoms with E-state index in [1.165, 1.54) is 0 Å². The van der Waals surface area contributed by atoms with E-state index in [4.69, 9.17) is 4.42 Å². The van der Waals surface area contributed by atoms with Crippen molar-refractivity contribution in [1.82, 2.24) is 9.97 Å². The molecule has 0 bridgehead atoms. The van der Waals surface area contributed by atoms with Gasteiger partial charge in [-0.3, -0.25) is 4.98 Å².